The van der Waals surface area contributed by atoms with Crippen LogP contribution in [0.4, 0.5) is 0 Å². The molecule has 2 N–H and O–H groups in total. The van der Waals surface area contributed by atoms with Crippen molar-refractivity contribution in [3.05, 3.63) is 23.9 Å². The summed E-state index contributed by atoms with van der Waals surface area (Å²) in [7, 11) is 1.48. The van der Waals surface area contributed by atoms with Crippen LogP contribution in [-0.4, -0.2) is 47.3 Å². The SMILES string of the molecule is CCO[C@H]1C[C@](NC(=O)c2ccc(OC)nc2)(C(=O)O)C1(C)C. The van der Waals surface area contributed by atoms with E-state index in [0.717, 1.165) is 0 Å². The van der Waals surface area contributed by atoms with E-state index in [-0.39, 0.29) is 18.1 Å². The van der Waals surface area contributed by atoms with E-state index in [1.54, 1.807) is 26.0 Å². The maximum Gasteiger partial charge on any atom is 0.330 e. The zero-order valence-electron chi connectivity index (χ0n) is 13.8. The van der Waals surface area contributed by atoms with Gasteiger partial charge in [-0.15, -0.1) is 0 Å². The molecule has 7 heteroatoms. The first-order valence-corrected chi connectivity index (χ1v) is 7.46. The number of nitrogens with one attached hydrogen (secondary N) is 1. The fourth-order valence-electron chi connectivity index (χ4n) is 2.94. The van der Waals surface area contributed by atoms with E-state index in [1.807, 2.05) is 6.92 Å². The summed E-state index contributed by atoms with van der Waals surface area (Å²) in [6, 6.07) is 3.10. The van der Waals surface area contributed by atoms with Crippen LogP contribution in [0.5, 0.6) is 5.88 Å². The molecule has 2 rings (SSSR count). The first-order chi connectivity index (χ1) is 10.8. The van der Waals surface area contributed by atoms with Gasteiger partial charge in [0.25, 0.3) is 5.91 Å². The minimum Gasteiger partial charge on any atom is -0.481 e. The molecule has 1 fully saturated rings. The maximum absolute atomic E-state index is 12.4. The van der Waals surface area contributed by atoms with Crippen molar-refractivity contribution in [2.45, 2.75) is 38.8 Å². The number of hydrogen-bond acceptors (Lipinski definition) is 5. The second kappa shape index (κ2) is 6.16. The molecular formula is C16H22N2O5. The summed E-state index contributed by atoms with van der Waals surface area (Å²) in [5.41, 5.74) is -1.80. The summed E-state index contributed by atoms with van der Waals surface area (Å²) in [6.07, 6.45) is 1.38. The molecular weight excluding hydrogens is 300 g/mol. The molecule has 0 unspecified atom stereocenters. The lowest BCUT2D eigenvalue weighted by molar-refractivity contribution is -0.190. The Morgan fingerprint density at radius 2 is 2.13 bits per heavy atom. The number of rotatable bonds is 6. The zero-order valence-corrected chi connectivity index (χ0v) is 13.8. The van der Waals surface area contributed by atoms with Gasteiger partial charge in [-0.05, 0) is 13.0 Å². The van der Waals surface area contributed by atoms with Gasteiger partial charge in [-0.1, -0.05) is 13.8 Å². The minimum atomic E-state index is -1.36. The maximum atomic E-state index is 12.4. The summed E-state index contributed by atoms with van der Waals surface area (Å²) in [4.78, 5) is 28.2. The van der Waals surface area contributed by atoms with E-state index in [2.05, 4.69) is 10.3 Å². The first-order valence-electron chi connectivity index (χ1n) is 7.46. The summed E-state index contributed by atoms with van der Waals surface area (Å²) in [5, 5.41) is 12.3. The first kappa shape index (κ1) is 17.2. The molecule has 0 spiro atoms. The van der Waals surface area contributed by atoms with Gasteiger partial charge in [0, 0.05) is 30.7 Å². The fraction of sp³-hybridized carbons (Fsp3) is 0.562. The van der Waals surface area contributed by atoms with E-state index >= 15 is 0 Å². The largest absolute Gasteiger partial charge is 0.481 e. The van der Waals surface area contributed by atoms with Crippen molar-refractivity contribution in [2.75, 3.05) is 13.7 Å². The van der Waals surface area contributed by atoms with Crippen LogP contribution in [0, 0.1) is 5.41 Å². The third-order valence-electron chi connectivity index (χ3n) is 4.66. The average Bonchev–Trinajstić information content (AvgIpc) is 2.53. The van der Waals surface area contributed by atoms with Gasteiger partial charge >= 0.3 is 5.97 Å². The Balaban J connectivity index is 2.20. The number of carbonyl (C=O) groups excluding carboxylic acids is 1. The van der Waals surface area contributed by atoms with Crippen molar-refractivity contribution in [3.63, 3.8) is 0 Å². The molecule has 1 aromatic rings. The predicted molar refractivity (Wildman–Crippen MR) is 82.4 cm³/mol. The molecule has 126 valence electrons. The van der Waals surface area contributed by atoms with Crippen molar-refractivity contribution < 1.29 is 24.2 Å². The summed E-state index contributed by atoms with van der Waals surface area (Å²) >= 11 is 0. The van der Waals surface area contributed by atoms with Crippen molar-refractivity contribution in [1.82, 2.24) is 10.3 Å². The number of nitrogens with zero attached hydrogens (tertiary/aromatic N) is 1. The average molecular weight is 322 g/mol. The Morgan fingerprint density at radius 1 is 1.43 bits per heavy atom. The Kier molecular flexibility index (Phi) is 4.61. The van der Waals surface area contributed by atoms with Gasteiger partial charge in [0.05, 0.1) is 18.8 Å². The smallest absolute Gasteiger partial charge is 0.330 e. The van der Waals surface area contributed by atoms with Gasteiger partial charge in [-0.2, -0.15) is 0 Å². The standard InChI is InChI=1S/C16H22N2O5/c1-5-23-11-8-16(14(20)21,15(11,2)3)18-13(19)10-6-7-12(22-4)17-9-10/h6-7,9,11H,5,8H2,1-4H3,(H,18,19)(H,20,21)/t11-,16-/m0/s1. The van der Waals surface area contributed by atoms with Crippen LogP contribution in [-0.2, 0) is 9.53 Å². The van der Waals surface area contributed by atoms with Crippen LogP contribution in [0.3, 0.4) is 0 Å². The topological polar surface area (TPSA) is 97.8 Å². The van der Waals surface area contributed by atoms with Crippen LogP contribution in [0.1, 0.15) is 37.6 Å². The van der Waals surface area contributed by atoms with Crippen molar-refractivity contribution in [2.24, 2.45) is 5.41 Å². The highest BCUT2D eigenvalue weighted by molar-refractivity contribution is 5.98. The quantitative estimate of drug-likeness (QED) is 0.823. The van der Waals surface area contributed by atoms with E-state index in [4.69, 9.17) is 9.47 Å². The number of methoxy groups -OCH3 is 1. The third kappa shape index (κ3) is 2.76. The number of carbonyl (C=O) groups is 2. The molecule has 2 atom stereocenters. The van der Waals surface area contributed by atoms with E-state index in [0.29, 0.717) is 12.5 Å². The summed E-state index contributed by atoms with van der Waals surface area (Å²) < 4.78 is 10.5. The summed E-state index contributed by atoms with van der Waals surface area (Å²) in [6.45, 7) is 5.94. The molecule has 1 saturated carbocycles. The molecule has 7 nitrogen and oxygen atoms in total. The normalized spacial score (nSPS) is 25.3. The molecule has 1 heterocycles. The molecule has 0 aliphatic heterocycles. The van der Waals surface area contributed by atoms with Crippen LogP contribution < -0.4 is 10.1 Å². The molecule has 0 saturated heterocycles. The van der Waals surface area contributed by atoms with Gasteiger partial charge in [0.15, 0.2) is 0 Å². The second-order valence-corrected chi connectivity index (χ2v) is 6.12. The number of ether oxygens (including phenoxy) is 2. The highest BCUT2D eigenvalue weighted by Gasteiger charge is 2.66. The van der Waals surface area contributed by atoms with E-state index in [9.17, 15) is 14.7 Å². The Hall–Kier alpha value is -2.15. The molecule has 0 bridgehead atoms. The zero-order chi connectivity index (χ0) is 17.3. The summed E-state index contributed by atoms with van der Waals surface area (Å²) in [5.74, 6) is -1.16. The van der Waals surface area contributed by atoms with Crippen LogP contribution in [0.15, 0.2) is 18.3 Å². The predicted octanol–water partition coefficient (Wildman–Crippen LogP) is 1.48. The Bertz CT molecular complexity index is 599. The lowest BCUT2D eigenvalue weighted by atomic mass is 9.54. The monoisotopic (exact) mass is 322 g/mol. The Morgan fingerprint density at radius 3 is 2.57 bits per heavy atom. The number of carboxylic acid groups (broad SMARTS) is 1. The molecule has 0 aromatic carbocycles. The molecule has 1 aliphatic rings. The van der Waals surface area contributed by atoms with E-state index in [1.165, 1.54) is 13.3 Å². The third-order valence-corrected chi connectivity index (χ3v) is 4.66. The van der Waals surface area contributed by atoms with Crippen LogP contribution in [0.2, 0.25) is 0 Å². The van der Waals surface area contributed by atoms with Gasteiger partial charge < -0.3 is 19.9 Å². The Labute approximate surface area is 135 Å². The lowest BCUT2D eigenvalue weighted by Crippen LogP contribution is -2.76. The minimum absolute atomic E-state index is 0.210. The van der Waals surface area contributed by atoms with Gasteiger partial charge in [-0.25, -0.2) is 9.78 Å². The van der Waals surface area contributed by atoms with Crippen molar-refractivity contribution >= 4 is 11.9 Å². The molecule has 1 amide bonds. The van der Waals surface area contributed by atoms with Crippen molar-refractivity contribution in [1.29, 1.82) is 0 Å². The number of aliphatic carboxylic acids is 1. The molecule has 23 heavy (non-hydrogen) atoms. The number of pyridine rings is 1. The molecule has 0 radical (unpaired) electrons. The lowest BCUT2D eigenvalue weighted by Gasteiger charge is -2.58. The number of hydrogen-bond donors (Lipinski definition) is 2. The molecule has 1 aromatic heterocycles. The number of amides is 1. The molecule has 1 aliphatic carbocycles. The number of carboxylic acids is 1. The van der Waals surface area contributed by atoms with Gasteiger partial charge in [0.1, 0.15) is 5.54 Å². The van der Waals surface area contributed by atoms with Gasteiger partial charge in [0.2, 0.25) is 5.88 Å². The second-order valence-electron chi connectivity index (χ2n) is 6.12. The number of aromatic nitrogens is 1. The fourth-order valence-corrected chi connectivity index (χ4v) is 2.94. The highest BCUT2D eigenvalue weighted by Crippen LogP contribution is 2.51. The van der Waals surface area contributed by atoms with Crippen LogP contribution in [0.25, 0.3) is 0 Å². The van der Waals surface area contributed by atoms with Crippen molar-refractivity contribution in [3.8, 4) is 5.88 Å². The van der Waals surface area contributed by atoms with Crippen LogP contribution >= 0.6 is 0 Å². The highest BCUT2D eigenvalue weighted by atomic mass is 16.5. The van der Waals surface area contributed by atoms with E-state index < -0.39 is 22.8 Å². The van der Waals surface area contributed by atoms with Gasteiger partial charge in [-0.3, -0.25) is 4.79 Å².